The summed E-state index contributed by atoms with van der Waals surface area (Å²) in [5.74, 6) is 0. The van der Waals surface area contributed by atoms with Crippen LogP contribution in [0.1, 0.15) is 27.9 Å². The van der Waals surface area contributed by atoms with Gasteiger partial charge in [-0.25, -0.2) is 4.99 Å². The summed E-state index contributed by atoms with van der Waals surface area (Å²) < 4.78 is 0. The van der Waals surface area contributed by atoms with Gasteiger partial charge < -0.3 is 4.98 Å². The minimum absolute atomic E-state index is 0.657. The summed E-state index contributed by atoms with van der Waals surface area (Å²) in [6.07, 6.45) is 2.83. The van der Waals surface area contributed by atoms with Crippen molar-refractivity contribution in [2.75, 3.05) is 0 Å². The van der Waals surface area contributed by atoms with Crippen molar-refractivity contribution in [2.45, 2.75) is 6.42 Å². The number of nitrogens with zero attached hydrogens (tertiary/aromatic N) is 2. The first-order chi connectivity index (χ1) is 10.8. The van der Waals surface area contributed by atoms with E-state index in [9.17, 15) is 0 Å². The Balaban J connectivity index is 1.93. The summed E-state index contributed by atoms with van der Waals surface area (Å²) >= 11 is 0. The maximum Gasteiger partial charge on any atom is 0.0991 e. The van der Waals surface area contributed by atoms with Crippen LogP contribution in [0.5, 0.6) is 0 Å². The Morgan fingerprint density at radius 1 is 0.955 bits per heavy atom. The van der Waals surface area contributed by atoms with E-state index < -0.39 is 0 Å². The second kappa shape index (κ2) is 5.01. The molecule has 2 heterocycles. The minimum atomic E-state index is 0.657. The van der Waals surface area contributed by atoms with Gasteiger partial charge in [0.05, 0.1) is 28.7 Å². The molecule has 0 amide bonds. The van der Waals surface area contributed by atoms with Crippen molar-refractivity contribution in [2.24, 2.45) is 4.99 Å². The van der Waals surface area contributed by atoms with Crippen molar-refractivity contribution in [3.8, 4) is 6.07 Å². The molecule has 1 N–H and O–H groups in total. The summed E-state index contributed by atoms with van der Waals surface area (Å²) in [7, 11) is 0. The van der Waals surface area contributed by atoms with Crippen LogP contribution in [0.3, 0.4) is 0 Å². The highest BCUT2D eigenvalue weighted by Gasteiger charge is 2.18. The van der Waals surface area contributed by atoms with Gasteiger partial charge in [0, 0.05) is 18.2 Å². The van der Waals surface area contributed by atoms with Crippen molar-refractivity contribution in [1.29, 1.82) is 5.26 Å². The zero-order valence-corrected chi connectivity index (χ0v) is 11.9. The van der Waals surface area contributed by atoms with Gasteiger partial charge in [0.25, 0.3) is 0 Å². The fourth-order valence-corrected chi connectivity index (χ4v) is 2.83. The quantitative estimate of drug-likeness (QED) is 0.565. The van der Waals surface area contributed by atoms with Gasteiger partial charge in [0.1, 0.15) is 0 Å². The van der Waals surface area contributed by atoms with Gasteiger partial charge in [-0.15, -0.1) is 0 Å². The highest BCUT2D eigenvalue weighted by molar-refractivity contribution is 6.14. The van der Waals surface area contributed by atoms with E-state index in [1.807, 2.05) is 48.7 Å². The summed E-state index contributed by atoms with van der Waals surface area (Å²) in [5.41, 5.74) is 7.13. The van der Waals surface area contributed by atoms with Gasteiger partial charge >= 0.3 is 0 Å². The lowest BCUT2D eigenvalue weighted by Crippen LogP contribution is -2.05. The predicted molar refractivity (Wildman–Crippen MR) is 86.5 cm³/mol. The van der Waals surface area contributed by atoms with Crippen molar-refractivity contribution in [3.63, 3.8) is 0 Å². The average molecular weight is 283 g/mol. The molecule has 1 aliphatic rings. The Morgan fingerprint density at radius 3 is 2.59 bits per heavy atom. The third-order valence-electron chi connectivity index (χ3n) is 3.96. The maximum atomic E-state index is 8.95. The molecule has 3 aromatic rings. The third kappa shape index (κ3) is 2.02. The Bertz CT molecular complexity index is 908. The van der Waals surface area contributed by atoms with Gasteiger partial charge in [0.15, 0.2) is 0 Å². The molecule has 0 radical (unpaired) electrons. The van der Waals surface area contributed by atoms with E-state index in [2.05, 4.69) is 23.2 Å². The topological polar surface area (TPSA) is 51.9 Å². The van der Waals surface area contributed by atoms with Gasteiger partial charge in [-0.05, 0) is 35.4 Å². The van der Waals surface area contributed by atoms with Gasteiger partial charge in [-0.1, -0.05) is 30.3 Å². The van der Waals surface area contributed by atoms with Gasteiger partial charge in [-0.3, -0.25) is 0 Å². The van der Waals surface area contributed by atoms with Crippen LogP contribution in [-0.2, 0) is 6.42 Å². The van der Waals surface area contributed by atoms with Crippen LogP contribution in [-0.4, -0.2) is 10.7 Å². The number of hydrogen-bond acceptors (Lipinski definition) is 2. The highest BCUT2D eigenvalue weighted by Crippen LogP contribution is 2.29. The summed E-state index contributed by atoms with van der Waals surface area (Å²) in [6.45, 7) is 0. The standard InChI is InChI=1S/C19H13N3/c20-12-13-5-7-14(8-6-13)19-18-16(9-10-21-18)11-15-3-1-2-4-17(15)22-19/h1-10,21H,11H2. The number of para-hydroxylation sites is 1. The van der Waals surface area contributed by atoms with Crippen molar-refractivity contribution in [3.05, 3.63) is 88.7 Å². The Morgan fingerprint density at radius 2 is 1.77 bits per heavy atom. The second-order valence-electron chi connectivity index (χ2n) is 5.33. The number of rotatable bonds is 1. The predicted octanol–water partition coefficient (Wildman–Crippen LogP) is 3.96. The van der Waals surface area contributed by atoms with Crippen molar-refractivity contribution < 1.29 is 0 Å². The lowest BCUT2D eigenvalue weighted by atomic mass is 10.0. The summed E-state index contributed by atoms with van der Waals surface area (Å²) in [5, 5.41) is 8.95. The first-order valence-corrected chi connectivity index (χ1v) is 7.19. The molecular weight excluding hydrogens is 270 g/mol. The molecule has 104 valence electrons. The molecule has 0 fully saturated rings. The summed E-state index contributed by atoms with van der Waals surface area (Å²) in [6, 6.07) is 20.1. The van der Waals surface area contributed by atoms with Crippen LogP contribution in [0, 0.1) is 11.3 Å². The number of hydrogen-bond donors (Lipinski definition) is 1. The van der Waals surface area contributed by atoms with Gasteiger partial charge in [0.2, 0.25) is 0 Å². The average Bonchev–Trinajstić information content (AvgIpc) is 2.96. The van der Waals surface area contributed by atoms with Crippen molar-refractivity contribution in [1.82, 2.24) is 4.98 Å². The lowest BCUT2D eigenvalue weighted by molar-refractivity contribution is 1.20. The molecule has 0 spiro atoms. The van der Waals surface area contributed by atoms with Gasteiger partial charge in [-0.2, -0.15) is 5.26 Å². The maximum absolute atomic E-state index is 8.95. The normalized spacial score (nSPS) is 12.6. The largest absolute Gasteiger partial charge is 0.360 e. The van der Waals surface area contributed by atoms with Crippen LogP contribution in [0.2, 0.25) is 0 Å². The monoisotopic (exact) mass is 283 g/mol. The van der Waals surface area contributed by atoms with E-state index in [-0.39, 0.29) is 0 Å². The zero-order chi connectivity index (χ0) is 14.9. The first-order valence-electron chi connectivity index (χ1n) is 7.19. The molecular formula is C19H13N3. The van der Waals surface area contributed by atoms with E-state index in [1.54, 1.807) is 0 Å². The molecule has 22 heavy (non-hydrogen) atoms. The number of nitriles is 1. The number of fused-ring (bicyclic) bond motifs is 2. The van der Waals surface area contributed by atoms with E-state index in [0.717, 1.165) is 29.1 Å². The molecule has 1 aliphatic heterocycles. The van der Waals surface area contributed by atoms with E-state index in [1.165, 1.54) is 11.1 Å². The second-order valence-corrected chi connectivity index (χ2v) is 5.33. The molecule has 2 aromatic carbocycles. The molecule has 3 heteroatoms. The Labute approximate surface area is 128 Å². The van der Waals surface area contributed by atoms with E-state index in [0.29, 0.717) is 5.56 Å². The fourth-order valence-electron chi connectivity index (χ4n) is 2.83. The molecule has 0 atom stereocenters. The molecule has 0 saturated carbocycles. The first kappa shape index (κ1) is 12.6. The smallest absolute Gasteiger partial charge is 0.0991 e. The number of aliphatic imine (C=N–C) groups is 1. The Kier molecular flexibility index (Phi) is 2.87. The number of benzene rings is 2. The number of aromatic amines is 1. The van der Waals surface area contributed by atoms with E-state index in [4.69, 9.17) is 10.3 Å². The minimum Gasteiger partial charge on any atom is -0.360 e. The fraction of sp³-hybridized carbons (Fsp3) is 0.0526. The van der Waals surface area contributed by atoms with Crippen LogP contribution >= 0.6 is 0 Å². The molecule has 4 rings (SSSR count). The number of aromatic nitrogens is 1. The van der Waals surface area contributed by atoms with Crippen LogP contribution < -0.4 is 0 Å². The SMILES string of the molecule is N#Cc1ccc(C2=Nc3ccccc3Cc3cc[nH]c32)cc1. The van der Waals surface area contributed by atoms with E-state index >= 15 is 0 Å². The van der Waals surface area contributed by atoms with Crippen LogP contribution in [0.25, 0.3) is 0 Å². The molecule has 0 unspecified atom stereocenters. The lowest BCUT2D eigenvalue weighted by Gasteiger charge is -2.06. The highest BCUT2D eigenvalue weighted by atomic mass is 14.8. The third-order valence-corrected chi connectivity index (χ3v) is 3.96. The molecule has 1 aromatic heterocycles. The number of H-pyrrole nitrogens is 1. The summed E-state index contributed by atoms with van der Waals surface area (Å²) in [4.78, 5) is 8.19. The molecule has 0 saturated heterocycles. The van der Waals surface area contributed by atoms with Crippen LogP contribution in [0.4, 0.5) is 5.69 Å². The number of nitrogens with one attached hydrogen (secondary N) is 1. The molecule has 0 bridgehead atoms. The zero-order valence-electron chi connectivity index (χ0n) is 11.9. The Hall–Kier alpha value is -3.12. The molecule has 0 aliphatic carbocycles. The molecule has 3 nitrogen and oxygen atoms in total. The van der Waals surface area contributed by atoms with Crippen LogP contribution in [0.15, 0.2) is 65.8 Å². The van der Waals surface area contributed by atoms with Crippen molar-refractivity contribution >= 4 is 11.4 Å².